The summed E-state index contributed by atoms with van der Waals surface area (Å²) in [4.78, 5) is 18.9. The summed E-state index contributed by atoms with van der Waals surface area (Å²) in [5.41, 5.74) is 6.35. The first kappa shape index (κ1) is 33.3. The molecule has 1 atom stereocenters. The summed E-state index contributed by atoms with van der Waals surface area (Å²) < 4.78 is 0. The second-order valence-corrected chi connectivity index (χ2v) is 13.7. The number of hydrogen-bond donors (Lipinski definition) is 2. The number of carbonyl (C=O) groups is 1. The highest BCUT2D eigenvalue weighted by Gasteiger charge is 2.23. The number of hydrogen-bond acceptors (Lipinski definition) is 5. The maximum absolute atomic E-state index is 12.1. The van der Waals surface area contributed by atoms with E-state index in [4.69, 9.17) is 0 Å². The van der Waals surface area contributed by atoms with Gasteiger partial charge in [0.15, 0.2) is 0 Å². The van der Waals surface area contributed by atoms with E-state index in [-0.39, 0.29) is 5.56 Å². The lowest BCUT2D eigenvalue weighted by Crippen LogP contribution is -2.07. The average molecular weight is 625 g/mol. The lowest BCUT2D eigenvalue weighted by Gasteiger charge is -2.20. The van der Waals surface area contributed by atoms with E-state index in [1.807, 2.05) is 17.5 Å². The smallest absolute Gasteiger partial charge is 0.339 e. The Labute approximate surface area is 271 Å². The number of pyridine rings is 1. The van der Waals surface area contributed by atoms with Gasteiger partial charge in [0, 0.05) is 21.5 Å². The Morgan fingerprint density at radius 1 is 1.02 bits per heavy atom. The number of allylic oxidation sites excluding steroid dienone is 2. The van der Waals surface area contributed by atoms with Crippen molar-refractivity contribution in [3.05, 3.63) is 123 Å². The standard InChI is InChI=1S/C29H32N2O2S2.C9H12/c1-18(2)7-13-23-20(4)10-14-26(35-27(23)21-11-8-19(3)9-12-21)31-28-24(29(32)33)16-22(17-30-28)25-6-5-15-34-25;1-2-6-9-7-4-3-5-8-9/h5-6,8-9,11-12,14-18,20H,7,10,13H2,1-4H3,(H,30,31)(H,32,33);3-5,7-8H,2,6H2,1H3. The van der Waals surface area contributed by atoms with Gasteiger partial charge in [0.2, 0.25) is 0 Å². The van der Waals surface area contributed by atoms with Crippen molar-refractivity contribution in [3.63, 3.8) is 0 Å². The van der Waals surface area contributed by atoms with E-state index in [9.17, 15) is 9.90 Å². The predicted molar refractivity (Wildman–Crippen MR) is 190 cm³/mol. The third kappa shape index (κ3) is 9.44. The summed E-state index contributed by atoms with van der Waals surface area (Å²) in [6, 6.07) is 24.9. The summed E-state index contributed by atoms with van der Waals surface area (Å²) in [7, 11) is 0. The zero-order valence-corrected chi connectivity index (χ0v) is 28.1. The second kappa shape index (κ2) is 16.5. The van der Waals surface area contributed by atoms with Crippen LogP contribution in [0.1, 0.15) is 80.4 Å². The molecule has 230 valence electrons. The number of thiophene rings is 1. The number of aryl methyl sites for hydroxylation is 2. The zero-order chi connectivity index (χ0) is 31.5. The van der Waals surface area contributed by atoms with E-state index in [0.29, 0.717) is 17.7 Å². The van der Waals surface area contributed by atoms with E-state index >= 15 is 0 Å². The molecule has 1 aliphatic rings. The largest absolute Gasteiger partial charge is 0.478 e. The first-order chi connectivity index (χ1) is 21.2. The molecule has 1 aliphatic heterocycles. The van der Waals surface area contributed by atoms with Crippen LogP contribution in [0.4, 0.5) is 5.82 Å². The van der Waals surface area contributed by atoms with Crippen molar-refractivity contribution in [1.82, 2.24) is 4.98 Å². The van der Waals surface area contributed by atoms with Crippen LogP contribution in [0.15, 0.2) is 101 Å². The predicted octanol–water partition coefficient (Wildman–Crippen LogP) is 11.3. The Bertz CT molecular complexity index is 1560. The third-order valence-corrected chi connectivity index (χ3v) is 9.72. The van der Waals surface area contributed by atoms with Gasteiger partial charge in [-0.1, -0.05) is 124 Å². The van der Waals surface area contributed by atoms with Crippen LogP contribution in [0.3, 0.4) is 0 Å². The highest BCUT2D eigenvalue weighted by Crippen LogP contribution is 2.44. The number of anilines is 1. The van der Waals surface area contributed by atoms with Crippen molar-refractivity contribution >= 4 is 39.8 Å². The van der Waals surface area contributed by atoms with Gasteiger partial charge in [-0.15, -0.1) is 11.3 Å². The number of benzene rings is 2. The minimum atomic E-state index is -0.988. The van der Waals surface area contributed by atoms with Crippen LogP contribution in [0.2, 0.25) is 0 Å². The molecular weight excluding hydrogens is 581 g/mol. The van der Waals surface area contributed by atoms with Crippen LogP contribution < -0.4 is 5.32 Å². The molecule has 5 rings (SSSR count). The molecule has 44 heavy (non-hydrogen) atoms. The van der Waals surface area contributed by atoms with Crippen LogP contribution in [0.5, 0.6) is 0 Å². The molecule has 4 nitrogen and oxygen atoms in total. The molecule has 0 amide bonds. The fourth-order valence-corrected chi connectivity index (χ4v) is 7.00. The van der Waals surface area contributed by atoms with Crippen molar-refractivity contribution in [2.24, 2.45) is 11.8 Å². The zero-order valence-electron chi connectivity index (χ0n) is 26.5. The lowest BCUT2D eigenvalue weighted by molar-refractivity contribution is 0.0697. The van der Waals surface area contributed by atoms with Gasteiger partial charge in [0.25, 0.3) is 0 Å². The van der Waals surface area contributed by atoms with Gasteiger partial charge in [0.1, 0.15) is 11.4 Å². The average Bonchev–Trinajstić information content (AvgIpc) is 3.51. The topological polar surface area (TPSA) is 62.2 Å². The monoisotopic (exact) mass is 624 g/mol. The Balaban J connectivity index is 0.000000421. The normalized spacial score (nSPS) is 14.9. The van der Waals surface area contributed by atoms with Gasteiger partial charge in [-0.2, -0.15) is 0 Å². The molecule has 6 heteroatoms. The van der Waals surface area contributed by atoms with Crippen molar-refractivity contribution < 1.29 is 9.90 Å². The first-order valence-corrected chi connectivity index (χ1v) is 17.2. The summed E-state index contributed by atoms with van der Waals surface area (Å²) in [5, 5.41) is 16.2. The van der Waals surface area contributed by atoms with E-state index in [0.717, 1.165) is 34.7 Å². The van der Waals surface area contributed by atoms with Gasteiger partial charge in [-0.05, 0) is 73.1 Å². The molecular formula is C38H44N2O2S2. The summed E-state index contributed by atoms with van der Waals surface area (Å²) in [6.45, 7) is 11.1. The lowest BCUT2D eigenvalue weighted by atomic mass is 9.89. The maximum atomic E-state index is 12.1. The van der Waals surface area contributed by atoms with E-state index in [1.54, 1.807) is 35.4 Å². The number of rotatable bonds is 10. The molecule has 2 N–H and O–H groups in total. The fourth-order valence-electron chi connectivity index (χ4n) is 5.05. The van der Waals surface area contributed by atoms with Gasteiger partial charge in [-0.25, -0.2) is 9.78 Å². The molecule has 0 radical (unpaired) electrons. The van der Waals surface area contributed by atoms with Gasteiger partial charge in [0.05, 0.1) is 5.03 Å². The molecule has 0 spiro atoms. The Hall–Kier alpha value is -3.61. The minimum absolute atomic E-state index is 0.176. The Kier molecular flexibility index (Phi) is 12.5. The van der Waals surface area contributed by atoms with Crippen molar-refractivity contribution in [1.29, 1.82) is 0 Å². The molecule has 3 heterocycles. The summed E-state index contributed by atoms with van der Waals surface area (Å²) in [6.07, 6.45) is 9.48. The SMILES string of the molecule is CCCc1ccccc1.Cc1ccc(C2=C(CCC(C)C)C(C)CC=C(Nc3ncc(-c4cccs4)cc3C(=O)O)S2)cc1. The van der Waals surface area contributed by atoms with Crippen LogP contribution in [-0.2, 0) is 6.42 Å². The molecule has 2 aromatic heterocycles. The molecule has 0 saturated carbocycles. The number of carboxylic acid groups (broad SMARTS) is 1. The maximum Gasteiger partial charge on any atom is 0.339 e. The van der Waals surface area contributed by atoms with Crippen LogP contribution in [0, 0.1) is 18.8 Å². The van der Waals surface area contributed by atoms with Crippen molar-refractivity contribution in [3.8, 4) is 10.4 Å². The molecule has 1 unspecified atom stereocenters. The van der Waals surface area contributed by atoms with Crippen LogP contribution in [0.25, 0.3) is 15.3 Å². The Morgan fingerprint density at radius 2 is 1.77 bits per heavy atom. The summed E-state index contributed by atoms with van der Waals surface area (Å²) >= 11 is 3.26. The highest BCUT2D eigenvalue weighted by atomic mass is 32.2. The van der Waals surface area contributed by atoms with Gasteiger partial charge in [-0.3, -0.25) is 0 Å². The highest BCUT2D eigenvalue weighted by molar-refractivity contribution is 8.11. The number of aromatic carboxylic acids is 1. The second-order valence-electron chi connectivity index (χ2n) is 11.7. The van der Waals surface area contributed by atoms with Crippen LogP contribution in [-0.4, -0.2) is 16.1 Å². The fraction of sp³-hybridized carbons (Fsp3) is 0.316. The number of nitrogens with zero attached hydrogens (tertiary/aromatic N) is 1. The summed E-state index contributed by atoms with van der Waals surface area (Å²) in [5.74, 6) is 0.429. The van der Waals surface area contributed by atoms with Crippen molar-refractivity contribution in [2.45, 2.75) is 66.7 Å². The van der Waals surface area contributed by atoms with Gasteiger partial charge >= 0.3 is 5.97 Å². The van der Waals surface area contributed by atoms with Gasteiger partial charge < -0.3 is 10.4 Å². The quantitative estimate of drug-likeness (QED) is 0.184. The minimum Gasteiger partial charge on any atom is -0.478 e. The molecule has 0 bridgehead atoms. The number of thioether (sulfide) groups is 1. The number of carboxylic acids is 1. The molecule has 4 aromatic rings. The molecule has 2 aromatic carbocycles. The molecule has 0 fully saturated rings. The van der Waals surface area contributed by atoms with Crippen molar-refractivity contribution in [2.75, 3.05) is 5.32 Å². The Morgan fingerprint density at radius 3 is 2.41 bits per heavy atom. The molecule has 0 aliphatic carbocycles. The molecule has 0 saturated heterocycles. The van der Waals surface area contributed by atoms with E-state index < -0.39 is 5.97 Å². The number of aromatic nitrogens is 1. The van der Waals surface area contributed by atoms with E-state index in [1.165, 1.54) is 40.0 Å². The first-order valence-electron chi connectivity index (χ1n) is 15.5. The third-order valence-electron chi connectivity index (χ3n) is 7.61. The van der Waals surface area contributed by atoms with E-state index in [2.05, 4.69) is 106 Å². The number of nitrogens with one attached hydrogen (secondary N) is 1. The van der Waals surface area contributed by atoms with Crippen LogP contribution >= 0.6 is 23.1 Å².